The maximum absolute atomic E-state index is 11.0. The minimum Gasteiger partial charge on any atom is -0.504 e. The number of carbonyl (C=O) groups is 1. The van der Waals surface area contributed by atoms with Crippen LogP contribution in [0.3, 0.4) is 0 Å². The maximum Gasteiger partial charge on any atom is 0.164 e. The van der Waals surface area contributed by atoms with Crippen LogP contribution in [0.2, 0.25) is 0 Å². The fraction of sp³-hybridized carbons (Fsp3) is 0.667. The summed E-state index contributed by atoms with van der Waals surface area (Å²) < 4.78 is 6.14. The number of aromatic hydroxyl groups is 1. The van der Waals surface area contributed by atoms with Crippen LogP contribution in [0.25, 0.3) is 0 Å². The second-order valence-corrected chi connectivity index (χ2v) is 7.12. The molecule has 1 N–H and O–H groups in total. The monoisotopic (exact) mass is 334 g/mol. The number of aldehydes is 1. The van der Waals surface area contributed by atoms with Gasteiger partial charge in [0.15, 0.2) is 11.5 Å². The fourth-order valence-corrected chi connectivity index (χ4v) is 3.88. The highest BCUT2D eigenvalue weighted by molar-refractivity contribution is 5.77. The Morgan fingerprint density at radius 3 is 2.38 bits per heavy atom. The summed E-state index contributed by atoms with van der Waals surface area (Å²) >= 11 is 0. The lowest BCUT2D eigenvalue weighted by Crippen LogP contribution is -2.53. The van der Waals surface area contributed by atoms with E-state index in [1.54, 1.807) is 0 Å². The summed E-state index contributed by atoms with van der Waals surface area (Å²) in [6.45, 7) is 14.9. The van der Waals surface area contributed by atoms with E-state index < -0.39 is 0 Å². The molecule has 1 aromatic rings. The highest BCUT2D eigenvalue weighted by Gasteiger charge is 2.53. The predicted molar refractivity (Wildman–Crippen MR) is 100 cm³/mol. The van der Waals surface area contributed by atoms with E-state index in [2.05, 4.69) is 20.8 Å². The van der Waals surface area contributed by atoms with Gasteiger partial charge in [0.2, 0.25) is 0 Å². The molecule has 2 aliphatic rings. The Hall–Kier alpha value is -1.51. The van der Waals surface area contributed by atoms with Gasteiger partial charge in [0.1, 0.15) is 12.4 Å². The number of fused-ring (bicyclic) bond motifs is 2. The molecule has 1 aliphatic carbocycles. The van der Waals surface area contributed by atoms with Crippen molar-refractivity contribution in [2.75, 3.05) is 0 Å². The van der Waals surface area contributed by atoms with Crippen molar-refractivity contribution in [3.63, 3.8) is 0 Å². The van der Waals surface area contributed by atoms with E-state index >= 15 is 0 Å². The number of phenolic OH excluding ortho intramolecular Hbond substituents is 1. The zero-order chi connectivity index (χ0) is 18.5. The minimum absolute atomic E-state index is 0.0478. The SMILES string of the molecule is CC.CC.CC1(C)CCCC2Oc3c(O)cc(C=O)cc3C[C@@]21C. The fourth-order valence-electron chi connectivity index (χ4n) is 3.88. The highest BCUT2D eigenvalue weighted by atomic mass is 16.5. The van der Waals surface area contributed by atoms with E-state index in [9.17, 15) is 9.90 Å². The molecule has 136 valence electrons. The lowest BCUT2D eigenvalue weighted by Gasteiger charge is -2.55. The maximum atomic E-state index is 11.0. The second kappa shape index (κ2) is 8.04. The summed E-state index contributed by atoms with van der Waals surface area (Å²) in [5.74, 6) is 0.672. The Morgan fingerprint density at radius 1 is 1.17 bits per heavy atom. The van der Waals surface area contributed by atoms with E-state index in [4.69, 9.17) is 4.74 Å². The molecule has 24 heavy (non-hydrogen) atoms. The van der Waals surface area contributed by atoms with Gasteiger partial charge >= 0.3 is 0 Å². The van der Waals surface area contributed by atoms with Crippen molar-refractivity contribution in [2.24, 2.45) is 10.8 Å². The number of rotatable bonds is 1. The van der Waals surface area contributed by atoms with Gasteiger partial charge < -0.3 is 9.84 Å². The van der Waals surface area contributed by atoms with Crippen LogP contribution in [0.15, 0.2) is 12.1 Å². The number of hydrogen-bond donors (Lipinski definition) is 1. The first-order valence-electron chi connectivity index (χ1n) is 9.35. The normalized spacial score (nSPS) is 26.2. The molecule has 3 rings (SSSR count). The standard InChI is InChI=1S/C17H22O3.2C2H6/c1-16(2)6-4-5-14-17(16,3)9-12-7-11(10-18)8-13(19)15(12)20-14;2*1-2/h7-8,10,14,19H,4-6,9H2,1-3H3;2*1-2H3/t14?,17-;;/m0../s1. The van der Waals surface area contributed by atoms with E-state index in [0.717, 1.165) is 31.1 Å². The molecule has 0 radical (unpaired) electrons. The van der Waals surface area contributed by atoms with Gasteiger partial charge in [-0.3, -0.25) is 4.79 Å². The molecule has 1 heterocycles. The summed E-state index contributed by atoms with van der Waals surface area (Å²) in [7, 11) is 0. The third-order valence-corrected chi connectivity index (χ3v) is 5.65. The second-order valence-electron chi connectivity index (χ2n) is 7.12. The van der Waals surface area contributed by atoms with Crippen LogP contribution >= 0.6 is 0 Å². The number of phenols is 1. The van der Waals surface area contributed by atoms with E-state index in [-0.39, 0.29) is 22.7 Å². The third-order valence-electron chi connectivity index (χ3n) is 5.65. The molecule has 1 aromatic carbocycles. The van der Waals surface area contributed by atoms with E-state index in [0.29, 0.717) is 11.3 Å². The lowest BCUT2D eigenvalue weighted by atomic mass is 9.54. The van der Waals surface area contributed by atoms with Crippen molar-refractivity contribution in [3.05, 3.63) is 23.3 Å². The van der Waals surface area contributed by atoms with Crippen molar-refractivity contribution < 1.29 is 14.6 Å². The van der Waals surface area contributed by atoms with Gasteiger partial charge in [-0.05, 0) is 48.8 Å². The topological polar surface area (TPSA) is 46.5 Å². The molecule has 1 fully saturated rings. The Morgan fingerprint density at radius 2 is 1.79 bits per heavy atom. The van der Waals surface area contributed by atoms with E-state index in [1.165, 1.54) is 12.5 Å². The van der Waals surface area contributed by atoms with Crippen LogP contribution in [0.5, 0.6) is 11.5 Å². The summed E-state index contributed by atoms with van der Waals surface area (Å²) in [4.78, 5) is 11.0. The third kappa shape index (κ3) is 3.45. The van der Waals surface area contributed by atoms with Crippen molar-refractivity contribution in [1.29, 1.82) is 0 Å². The van der Waals surface area contributed by atoms with Gasteiger partial charge in [-0.1, -0.05) is 48.5 Å². The van der Waals surface area contributed by atoms with Crippen LogP contribution in [-0.4, -0.2) is 17.5 Å². The number of benzene rings is 1. The van der Waals surface area contributed by atoms with Crippen molar-refractivity contribution in [2.45, 2.75) is 80.3 Å². The summed E-state index contributed by atoms with van der Waals surface area (Å²) in [5.41, 5.74) is 1.72. The molecule has 1 aliphatic heterocycles. The summed E-state index contributed by atoms with van der Waals surface area (Å²) in [6, 6.07) is 3.34. The first-order valence-corrected chi connectivity index (χ1v) is 9.35. The molecule has 3 nitrogen and oxygen atoms in total. The Bertz CT molecular complexity index is 562. The van der Waals surface area contributed by atoms with Gasteiger partial charge in [-0.15, -0.1) is 0 Å². The van der Waals surface area contributed by atoms with E-state index in [1.807, 2.05) is 33.8 Å². The molecule has 0 spiro atoms. The highest BCUT2D eigenvalue weighted by Crippen LogP contribution is 2.57. The molecule has 0 bridgehead atoms. The molecule has 0 saturated heterocycles. The Kier molecular flexibility index (Phi) is 6.88. The lowest BCUT2D eigenvalue weighted by molar-refractivity contribution is -0.0847. The number of ether oxygens (including phenoxy) is 1. The van der Waals surface area contributed by atoms with Crippen molar-refractivity contribution in [1.82, 2.24) is 0 Å². The van der Waals surface area contributed by atoms with Crippen molar-refractivity contribution >= 4 is 6.29 Å². The number of hydrogen-bond acceptors (Lipinski definition) is 3. The van der Waals surface area contributed by atoms with Gasteiger partial charge in [0.25, 0.3) is 0 Å². The average molecular weight is 335 g/mol. The quantitative estimate of drug-likeness (QED) is 0.662. The zero-order valence-corrected chi connectivity index (χ0v) is 16.4. The Labute approximate surface area is 147 Å². The Balaban J connectivity index is 0.000000671. The summed E-state index contributed by atoms with van der Waals surface area (Å²) in [5, 5.41) is 10.1. The first-order chi connectivity index (χ1) is 11.4. The molecular formula is C21H34O3. The van der Waals surface area contributed by atoms with Gasteiger partial charge in [0.05, 0.1) is 0 Å². The molecule has 0 amide bonds. The zero-order valence-electron chi connectivity index (χ0n) is 16.4. The van der Waals surface area contributed by atoms with Gasteiger partial charge in [-0.25, -0.2) is 0 Å². The van der Waals surface area contributed by atoms with Crippen LogP contribution in [0.4, 0.5) is 0 Å². The predicted octanol–water partition coefficient (Wildman–Crippen LogP) is 5.78. The molecule has 0 aromatic heterocycles. The largest absolute Gasteiger partial charge is 0.504 e. The minimum atomic E-state index is 0.0478. The van der Waals surface area contributed by atoms with Gasteiger partial charge in [0, 0.05) is 11.0 Å². The molecule has 1 saturated carbocycles. The molecular weight excluding hydrogens is 300 g/mol. The smallest absolute Gasteiger partial charge is 0.164 e. The number of carbonyl (C=O) groups excluding carboxylic acids is 1. The van der Waals surface area contributed by atoms with Crippen LogP contribution in [0.1, 0.15) is 83.7 Å². The van der Waals surface area contributed by atoms with Crippen LogP contribution < -0.4 is 4.74 Å². The summed E-state index contributed by atoms with van der Waals surface area (Å²) in [6.07, 6.45) is 5.17. The molecule has 1 unspecified atom stereocenters. The molecule has 2 atom stereocenters. The average Bonchev–Trinajstić information content (AvgIpc) is 2.58. The first kappa shape index (κ1) is 20.5. The van der Waals surface area contributed by atoms with Crippen LogP contribution in [-0.2, 0) is 6.42 Å². The van der Waals surface area contributed by atoms with Gasteiger partial charge in [-0.2, -0.15) is 0 Å². The van der Waals surface area contributed by atoms with Crippen molar-refractivity contribution in [3.8, 4) is 11.5 Å². The molecule has 3 heteroatoms. The van der Waals surface area contributed by atoms with Crippen LogP contribution in [0, 0.1) is 10.8 Å².